The van der Waals surface area contributed by atoms with Gasteiger partial charge in [-0.15, -0.1) is 0 Å². The van der Waals surface area contributed by atoms with E-state index >= 15 is 0 Å². The molecule has 0 aromatic rings. The van der Waals surface area contributed by atoms with Crippen molar-refractivity contribution in [3.8, 4) is 0 Å². The maximum absolute atomic E-state index is 11.6. The van der Waals surface area contributed by atoms with Crippen LogP contribution in [-0.4, -0.2) is 38.4 Å². The number of carbonyl (C=O) groups excluding carboxylic acids is 2. The number of rotatable bonds is 2. The number of methoxy groups -OCH3 is 2. The number of fused-ring (bicyclic) bond motifs is 2. The SMILES string of the molecule is COC(=O)C1=C(C(=O)OC)C2OC1C=C2Br. The monoisotopic (exact) mass is 288 g/mol. The van der Waals surface area contributed by atoms with Gasteiger partial charge in [-0.05, 0) is 6.08 Å². The van der Waals surface area contributed by atoms with Crippen molar-refractivity contribution in [3.05, 3.63) is 21.7 Å². The van der Waals surface area contributed by atoms with E-state index in [1.807, 2.05) is 0 Å². The van der Waals surface area contributed by atoms with E-state index in [0.29, 0.717) is 0 Å². The zero-order chi connectivity index (χ0) is 11.9. The minimum atomic E-state index is -0.571. The van der Waals surface area contributed by atoms with E-state index in [1.165, 1.54) is 14.2 Å². The van der Waals surface area contributed by atoms with E-state index in [2.05, 4.69) is 25.4 Å². The molecule has 16 heavy (non-hydrogen) atoms. The fourth-order valence-electron chi connectivity index (χ4n) is 1.80. The first kappa shape index (κ1) is 11.3. The Hall–Kier alpha value is -1.14. The first-order valence-corrected chi connectivity index (χ1v) is 5.32. The molecule has 2 aliphatic rings. The van der Waals surface area contributed by atoms with Gasteiger partial charge in [0, 0.05) is 4.48 Å². The number of carbonyl (C=O) groups is 2. The van der Waals surface area contributed by atoms with E-state index < -0.39 is 24.1 Å². The Morgan fingerprint density at radius 1 is 1.25 bits per heavy atom. The van der Waals surface area contributed by atoms with Crippen LogP contribution >= 0.6 is 15.9 Å². The van der Waals surface area contributed by atoms with Crippen LogP contribution < -0.4 is 0 Å². The molecule has 0 aromatic carbocycles. The van der Waals surface area contributed by atoms with Gasteiger partial charge in [0.05, 0.1) is 25.4 Å². The molecular weight excluding hydrogens is 280 g/mol. The minimum Gasteiger partial charge on any atom is -0.466 e. The van der Waals surface area contributed by atoms with Crippen molar-refractivity contribution in [2.75, 3.05) is 14.2 Å². The van der Waals surface area contributed by atoms with Gasteiger partial charge >= 0.3 is 11.9 Å². The van der Waals surface area contributed by atoms with Crippen LogP contribution in [0.3, 0.4) is 0 Å². The standard InChI is InChI=1S/C10H9BrO5/c1-14-9(12)6-5-3-4(11)8(16-5)7(6)10(13)15-2/h3,5,8H,1-2H3. The summed E-state index contributed by atoms with van der Waals surface area (Å²) in [6.07, 6.45) is 0.649. The highest BCUT2D eigenvalue weighted by atomic mass is 79.9. The lowest BCUT2D eigenvalue weighted by molar-refractivity contribution is -0.139. The maximum Gasteiger partial charge on any atom is 0.337 e. The minimum absolute atomic E-state index is 0.216. The van der Waals surface area contributed by atoms with Gasteiger partial charge in [0.15, 0.2) is 0 Å². The Kier molecular flexibility index (Phi) is 2.86. The highest BCUT2D eigenvalue weighted by molar-refractivity contribution is 9.11. The Morgan fingerprint density at radius 2 is 1.81 bits per heavy atom. The highest BCUT2D eigenvalue weighted by Gasteiger charge is 2.47. The zero-order valence-corrected chi connectivity index (χ0v) is 10.2. The smallest absolute Gasteiger partial charge is 0.337 e. The lowest BCUT2D eigenvalue weighted by Gasteiger charge is -2.11. The third kappa shape index (κ3) is 1.49. The van der Waals surface area contributed by atoms with E-state index in [4.69, 9.17) is 4.74 Å². The Balaban J connectivity index is 2.44. The molecule has 0 radical (unpaired) electrons. The second-order valence-electron chi connectivity index (χ2n) is 3.30. The fraction of sp³-hybridized carbons (Fsp3) is 0.400. The van der Waals surface area contributed by atoms with Gasteiger partial charge in [-0.25, -0.2) is 9.59 Å². The van der Waals surface area contributed by atoms with Crippen LogP contribution in [0.25, 0.3) is 0 Å². The number of ether oxygens (including phenoxy) is 3. The van der Waals surface area contributed by atoms with Crippen molar-refractivity contribution >= 4 is 27.9 Å². The van der Waals surface area contributed by atoms with Crippen molar-refractivity contribution in [2.24, 2.45) is 0 Å². The summed E-state index contributed by atoms with van der Waals surface area (Å²) in [6.45, 7) is 0. The van der Waals surface area contributed by atoms with Crippen molar-refractivity contribution in [1.82, 2.24) is 0 Å². The second kappa shape index (κ2) is 4.03. The van der Waals surface area contributed by atoms with E-state index in [-0.39, 0.29) is 11.1 Å². The normalized spacial score (nSPS) is 26.8. The molecule has 0 aliphatic carbocycles. The average Bonchev–Trinajstić information content (AvgIpc) is 2.82. The summed E-state index contributed by atoms with van der Waals surface area (Å²) in [6, 6.07) is 0. The summed E-state index contributed by atoms with van der Waals surface area (Å²) in [7, 11) is 2.52. The van der Waals surface area contributed by atoms with Gasteiger partial charge in [-0.2, -0.15) is 0 Å². The Labute approximate surface area is 100 Å². The van der Waals surface area contributed by atoms with Crippen LogP contribution in [0.4, 0.5) is 0 Å². The molecule has 2 heterocycles. The van der Waals surface area contributed by atoms with Crippen LogP contribution in [-0.2, 0) is 23.8 Å². The van der Waals surface area contributed by atoms with Gasteiger partial charge in [0.2, 0.25) is 0 Å². The molecule has 2 unspecified atom stereocenters. The number of esters is 2. The fourth-order valence-corrected chi connectivity index (χ4v) is 2.37. The molecule has 0 amide bonds. The third-order valence-corrected chi connectivity index (χ3v) is 3.17. The van der Waals surface area contributed by atoms with Crippen molar-refractivity contribution in [3.63, 3.8) is 0 Å². The Bertz CT molecular complexity index is 423. The number of hydrogen-bond donors (Lipinski definition) is 0. The van der Waals surface area contributed by atoms with Gasteiger partial charge < -0.3 is 14.2 Å². The van der Waals surface area contributed by atoms with Crippen molar-refractivity contribution in [2.45, 2.75) is 12.2 Å². The third-order valence-electron chi connectivity index (χ3n) is 2.49. The Morgan fingerprint density at radius 3 is 2.38 bits per heavy atom. The first-order chi connectivity index (χ1) is 7.60. The first-order valence-electron chi connectivity index (χ1n) is 4.53. The van der Waals surface area contributed by atoms with Crippen LogP contribution in [0.5, 0.6) is 0 Å². The largest absolute Gasteiger partial charge is 0.466 e. The second-order valence-corrected chi connectivity index (χ2v) is 4.21. The van der Waals surface area contributed by atoms with Crippen LogP contribution in [0.1, 0.15) is 0 Å². The molecule has 0 fully saturated rings. The van der Waals surface area contributed by atoms with Gasteiger partial charge in [-0.1, -0.05) is 15.9 Å². The van der Waals surface area contributed by atoms with Gasteiger partial charge in [-0.3, -0.25) is 0 Å². The molecule has 0 aromatic heterocycles. The van der Waals surface area contributed by atoms with Crippen LogP contribution in [0.2, 0.25) is 0 Å². The molecule has 5 nitrogen and oxygen atoms in total. The molecular formula is C10H9BrO5. The van der Waals surface area contributed by atoms with Crippen LogP contribution in [0, 0.1) is 0 Å². The molecule has 86 valence electrons. The molecule has 2 atom stereocenters. The molecule has 0 saturated heterocycles. The van der Waals surface area contributed by atoms with E-state index in [0.717, 1.165) is 4.48 Å². The number of hydrogen-bond acceptors (Lipinski definition) is 5. The molecule has 0 N–H and O–H groups in total. The maximum atomic E-state index is 11.6. The molecule has 2 aliphatic heterocycles. The summed E-state index contributed by atoms with van der Waals surface area (Å²) in [5.74, 6) is -1.14. The summed E-state index contributed by atoms with van der Waals surface area (Å²) < 4.78 is 15.4. The van der Waals surface area contributed by atoms with E-state index in [9.17, 15) is 9.59 Å². The van der Waals surface area contributed by atoms with Gasteiger partial charge in [0.1, 0.15) is 12.2 Å². The zero-order valence-electron chi connectivity index (χ0n) is 8.65. The van der Waals surface area contributed by atoms with Crippen molar-refractivity contribution in [1.29, 1.82) is 0 Å². The predicted molar refractivity (Wildman–Crippen MR) is 56.7 cm³/mol. The average molecular weight is 289 g/mol. The summed E-state index contributed by atoms with van der Waals surface area (Å²) >= 11 is 3.27. The van der Waals surface area contributed by atoms with Crippen molar-refractivity contribution < 1.29 is 23.8 Å². The highest BCUT2D eigenvalue weighted by Crippen LogP contribution is 2.41. The molecule has 0 saturated carbocycles. The lowest BCUT2D eigenvalue weighted by Crippen LogP contribution is -2.22. The molecule has 6 heteroatoms. The van der Waals surface area contributed by atoms with Crippen LogP contribution in [0.15, 0.2) is 21.7 Å². The lowest BCUT2D eigenvalue weighted by atomic mass is 9.97. The predicted octanol–water partition coefficient (Wildman–Crippen LogP) is 0.689. The molecule has 2 bridgehead atoms. The molecule has 0 spiro atoms. The molecule has 2 rings (SSSR count). The number of halogens is 1. The quantitative estimate of drug-likeness (QED) is 0.700. The summed E-state index contributed by atoms with van der Waals surface area (Å²) in [4.78, 5) is 23.1. The summed E-state index contributed by atoms with van der Waals surface area (Å²) in [5.41, 5.74) is 0.441. The summed E-state index contributed by atoms with van der Waals surface area (Å²) in [5, 5.41) is 0. The van der Waals surface area contributed by atoms with E-state index in [1.54, 1.807) is 6.08 Å². The topological polar surface area (TPSA) is 61.8 Å². The van der Waals surface area contributed by atoms with Gasteiger partial charge in [0.25, 0.3) is 0 Å².